The maximum Gasteiger partial charge on any atom is 0.190 e. The number of benzene rings is 2. The Kier molecular flexibility index (Phi) is 3.38. The van der Waals surface area contributed by atoms with Gasteiger partial charge in [-0.1, -0.05) is 0 Å². The summed E-state index contributed by atoms with van der Waals surface area (Å²) in [6.45, 7) is 0. The van der Waals surface area contributed by atoms with E-state index >= 15 is 0 Å². The number of anilines is 1. The van der Waals surface area contributed by atoms with Crippen molar-refractivity contribution < 1.29 is 8.78 Å². The highest BCUT2D eigenvalue weighted by molar-refractivity contribution is 9.10. The second-order valence-corrected chi connectivity index (χ2v) is 5.11. The fraction of sp³-hybridized carbons (Fsp3) is 0. The van der Waals surface area contributed by atoms with Gasteiger partial charge in [-0.15, -0.1) is 5.10 Å². The molecular weight excluding hydrogens is 344 g/mol. The maximum atomic E-state index is 14.0. The molecule has 0 aliphatic carbocycles. The first-order valence-corrected chi connectivity index (χ1v) is 6.65. The van der Waals surface area contributed by atoms with Crippen LogP contribution in [0.5, 0.6) is 0 Å². The number of aromatic nitrogens is 4. The minimum atomic E-state index is -0.552. The molecule has 0 atom stereocenters. The van der Waals surface area contributed by atoms with Gasteiger partial charge in [-0.3, -0.25) is 0 Å². The minimum absolute atomic E-state index is 0.161. The van der Waals surface area contributed by atoms with Crippen LogP contribution in [0.4, 0.5) is 14.5 Å². The summed E-state index contributed by atoms with van der Waals surface area (Å²) in [6.07, 6.45) is 0. The van der Waals surface area contributed by atoms with E-state index in [1.807, 2.05) is 0 Å². The van der Waals surface area contributed by atoms with Crippen molar-refractivity contribution in [1.29, 1.82) is 0 Å². The van der Waals surface area contributed by atoms with Crippen LogP contribution in [0.15, 0.2) is 40.9 Å². The van der Waals surface area contributed by atoms with E-state index in [9.17, 15) is 8.78 Å². The smallest absolute Gasteiger partial charge is 0.190 e. The number of nitrogens with two attached hydrogens (primary N) is 1. The largest absolute Gasteiger partial charge is 0.399 e. The SMILES string of the molecule is Nc1ccc(-c2nnnn2-c2ccc(Br)c(F)c2)c(F)c1. The van der Waals surface area contributed by atoms with Crippen LogP contribution in [0.25, 0.3) is 17.1 Å². The summed E-state index contributed by atoms with van der Waals surface area (Å²) in [7, 11) is 0. The van der Waals surface area contributed by atoms with Gasteiger partial charge < -0.3 is 5.73 Å². The molecule has 106 valence electrons. The average molecular weight is 352 g/mol. The van der Waals surface area contributed by atoms with E-state index in [2.05, 4.69) is 31.5 Å². The molecule has 1 heterocycles. The number of hydrogen-bond acceptors (Lipinski definition) is 4. The highest BCUT2D eigenvalue weighted by Gasteiger charge is 2.15. The lowest BCUT2D eigenvalue weighted by atomic mass is 10.2. The van der Waals surface area contributed by atoms with E-state index in [0.29, 0.717) is 15.8 Å². The summed E-state index contributed by atoms with van der Waals surface area (Å²) >= 11 is 3.07. The van der Waals surface area contributed by atoms with Crippen molar-refractivity contribution in [1.82, 2.24) is 20.2 Å². The summed E-state index contributed by atoms with van der Waals surface area (Å²) in [4.78, 5) is 0. The van der Waals surface area contributed by atoms with E-state index < -0.39 is 11.6 Å². The van der Waals surface area contributed by atoms with Crippen molar-refractivity contribution in [2.45, 2.75) is 0 Å². The van der Waals surface area contributed by atoms with Gasteiger partial charge >= 0.3 is 0 Å². The van der Waals surface area contributed by atoms with Crippen LogP contribution in [0.3, 0.4) is 0 Å². The van der Waals surface area contributed by atoms with Crippen molar-refractivity contribution in [2.75, 3.05) is 5.73 Å². The lowest BCUT2D eigenvalue weighted by molar-refractivity contribution is 0.618. The van der Waals surface area contributed by atoms with E-state index in [0.717, 1.165) is 0 Å². The zero-order valence-corrected chi connectivity index (χ0v) is 12.1. The predicted molar refractivity (Wildman–Crippen MR) is 76.6 cm³/mol. The van der Waals surface area contributed by atoms with Gasteiger partial charge in [-0.25, -0.2) is 8.78 Å². The van der Waals surface area contributed by atoms with Crippen LogP contribution in [-0.2, 0) is 0 Å². The molecule has 0 amide bonds. The van der Waals surface area contributed by atoms with Crippen LogP contribution in [0.1, 0.15) is 0 Å². The van der Waals surface area contributed by atoms with Gasteiger partial charge in [0.2, 0.25) is 0 Å². The summed E-state index contributed by atoms with van der Waals surface area (Å²) in [6, 6.07) is 8.58. The van der Waals surface area contributed by atoms with E-state index in [1.165, 1.54) is 28.9 Å². The number of hydrogen-bond donors (Lipinski definition) is 1. The first-order chi connectivity index (χ1) is 10.1. The Morgan fingerprint density at radius 2 is 1.86 bits per heavy atom. The second kappa shape index (κ2) is 5.21. The lowest BCUT2D eigenvalue weighted by Crippen LogP contribution is -2.02. The number of tetrazole rings is 1. The summed E-state index contributed by atoms with van der Waals surface area (Å²) < 4.78 is 29.2. The predicted octanol–water partition coefficient (Wildman–Crippen LogP) is 2.95. The van der Waals surface area contributed by atoms with Crippen molar-refractivity contribution in [2.24, 2.45) is 0 Å². The third kappa shape index (κ3) is 2.49. The van der Waals surface area contributed by atoms with E-state index in [1.54, 1.807) is 12.1 Å². The third-order valence-electron chi connectivity index (χ3n) is 2.85. The highest BCUT2D eigenvalue weighted by Crippen LogP contribution is 2.25. The molecule has 2 aromatic carbocycles. The van der Waals surface area contributed by atoms with E-state index in [-0.39, 0.29) is 11.4 Å². The Morgan fingerprint density at radius 1 is 1.05 bits per heavy atom. The Balaban J connectivity index is 2.14. The summed E-state index contributed by atoms with van der Waals surface area (Å²) in [5.41, 5.74) is 6.37. The molecule has 0 aliphatic heterocycles. The van der Waals surface area contributed by atoms with Crippen molar-refractivity contribution in [3.8, 4) is 17.1 Å². The van der Waals surface area contributed by atoms with Gasteiger partial charge in [-0.05, 0) is 56.7 Å². The standard InChI is InChI=1S/C13H8BrF2N5/c14-10-4-2-8(6-12(10)16)21-13(18-19-20-21)9-3-1-7(17)5-11(9)15/h1-6H,17H2. The number of nitrogens with zero attached hydrogens (tertiary/aromatic N) is 4. The highest BCUT2D eigenvalue weighted by atomic mass is 79.9. The molecular formula is C13H8BrF2N5. The van der Waals surface area contributed by atoms with Gasteiger partial charge in [0.25, 0.3) is 0 Å². The molecule has 3 rings (SSSR count). The molecule has 0 aliphatic rings. The zero-order valence-electron chi connectivity index (χ0n) is 10.5. The molecule has 8 heteroatoms. The van der Waals surface area contributed by atoms with Gasteiger partial charge in [0, 0.05) is 11.8 Å². The maximum absolute atomic E-state index is 14.0. The third-order valence-corrected chi connectivity index (χ3v) is 3.49. The topological polar surface area (TPSA) is 69.6 Å². The van der Waals surface area contributed by atoms with Crippen LogP contribution in [-0.4, -0.2) is 20.2 Å². The normalized spacial score (nSPS) is 10.8. The molecule has 2 N–H and O–H groups in total. The quantitative estimate of drug-likeness (QED) is 0.720. The summed E-state index contributed by atoms with van der Waals surface area (Å²) in [5.74, 6) is -0.857. The molecule has 0 unspecified atom stereocenters. The molecule has 0 saturated carbocycles. The molecule has 5 nitrogen and oxygen atoms in total. The van der Waals surface area contributed by atoms with Crippen molar-refractivity contribution in [3.05, 3.63) is 52.5 Å². The monoisotopic (exact) mass is 351 g/mol. The first kappa shape index (κ1) is 13.6. The first-order valence-electron chi connectivity index (χ1n) is 5.85. The van der Waals surface area contributed by atoms with E-state index in [4.69, 9.17) is 5.73 Å². The second-order valence-electron chi connectivity index (χ2n) is 4.25. The van der Waals surface area contributed by atoms with Gasteiger partial charge in [-0.2, -0.15) is 4.68 Å². The molecule has 0 saturated heterocycles. The Morgan fingerprint density at radius 3 is 2.57 bits per heavy atom. The Labute approximate surface area is 126 Å². The zero-order chi connectivity index (χ0) is 15.0. The lowest BCUT2D eigenvalue weighted by Gasteiger charge is -2.06. The fourth-order valence-electron chi connectivity index (χ4n) is 1.86. The molecule has 0 bridgehead atoms. The molecule has 0 fully saturated rings. The molecule has 3 aromatic rings. The van der Waals surface area contributed by atoms with Gasteiger partial charge in [0.1, 0.15) is 11.6 Å². The van der Waals surface area contributed by atoms with Crippen molar-refractivity contribution >= 4 is 21.6 Å². The molecule has 1 aromatic heterocycles. The van der Waals surface area contributed by atoms with Crippen molar-refractivity contribution in [3.63, 3.8) is 0 Å². The van der Waals surface area contributed by atoms with Crippen LogP contribution >= 0.6 is 15.9 Å². The molecule has 21 heavy (non-hydrogen) atoms. The van der Waals surface area contributed by atoms with Crippen LogP contribution in [0, 0.1) is 11.6 Å². The Hall–Kier alpha value is -2.35. The van der Waals surface area contributed by atoms with Crippen LogP contribution < -0.4 is 5.73 Å². The number of halogens is 3. The fourth-order valence-corrected chi connectivity index (χ4v) is 2.11. The molecule has 0 spiro atoms. The number of rotatable bonds is 2. The van der Waals surface area contributed by atoms with Gasteiger partial charge in [0.05, 0.1) is 15.7 Å². The summed E-state index contributed by atoms with van der Waals surface area (Å²) in [5, 5.41) is 11.1. The Bertz CT molecular complexity index is 818. The molecule has 0 radical (unpaired) electrons. The average Bonchev–Trinajstić information content (AvgIpc) is 2.91. The minimum Gasteiger partial charge on any atom is -0.399 e. The van der Waals surface area contributed by atoms with Gasteiger partial charge in [0.15, 0.2) is 5.82 Å². The number of nitrogen functional groups attached to an aromatic ring is 1. The van der Waals surface area contributed by atoms with Crippen LogP contribution in [0.2, 0.25) is 0 Å².